The number of para-hydroxylation sites is 1. The molecule has 3 amide bonds. The lowest BCUT2D eigenvalue weighted by Crippen LogP contribution is -2.53. The van der Waals surface area contributed by atoms with Crippen molar-refractivity contribution in [2.45, 2.75) is 112 Å². The zero-order chi connectivity index (χ0) is 32.2. The molecule has 0 aliphatic heterocycles. The van der Waals surface area contributed by atoms with Gasteiger partial charge in [-0.3, -0.25) is 9.59 Å². The van der Waals surface area contributed by atoms with Crippen LogP contribution >= 0.6 is 11.8 Å². The fourth-order valence-electron chi connectivity index (χ4n) is 5.24. The predicted octanol–water partition coefficient (Wildman–Crippen LogP) is 8.05. The van der Waals surface area contributed by atoms with Crippen molar-refractivity contribution in [3.63, 3.8) is 0 Å². The number of nitrogens with one attached hydrogen (secondary N) is 2. The number of thioether (sulfide) groups is 1. The van der Waals surface area contributed by atoms with Gasteiger partial charge < -0.3 is 20.3 Å². The number of anilines is 1. The second-order valence-electron chi connectivity index (χ2n) is 12.5. The van der Waals surface area contributed by atoms with Crippen LogP contribution in [0.2, 0.25) is 0 Å². The van der Waals surface area contributed by atoms with E-state index in [0.29, 0.717) is 18.7 Å². The Morgan fingerprint density at radius 2 is 1.53 bits per heavy atom. The Labute approximate surface area is 263 Å². The molecule has 2 aromatic rings. The largest absolute Gasteiger partial charge is 0.444 e. The molecule has 2 aromatic carbocycles. The molecule has 0 spiro atoms. The van der Waals surface area contributed by atoms with Gasteiger partial charge in [-0.2, -0.15) is 11.8 Å². The van der Waals surface area contributed by atoms with Crippen molar-refractivity contribution in [2.75, 3.05) is 23.9 Å². The molecule has 0 fully saturated rings. The molecule has 2 rings (SSSR count). The van der Waals surface area contributed by atoms with Gasteiger partial charge in [0.25, 0.3) is 5.91 Å². The Kier molecular flexibility index (Phi) is 14.6. The summed E-state index contributed by atoms with van der Waals surface area (Å²) < 4.78 is 5.53. The molecule has 0 heterocycles. The summed E-state index contributed by atoms with van der Waals surface area (Å²) in [6.45, 7) is 15.9. The van der Waals surface area contributed by atoms with Crippen LogP contribution < -0.4 is 10.6 Å². The van der Waals surface area contributed by atoms with Crippen LogP contribution in [0.4, 0.5) is 10.5 Å². The smallest absolute Gasteiger partial charge is 0.408 e. The van der Waals surface area contributed by atoms with Gasteiger partial charge in [-0.15, -0.1) is 0 Å². The number of unbranched alkanes of at least 4 members (excludes halogenated alkanes) is 4. The highest BCUT2D eigenvalue weighted by atomic mass is 32.2. The summed E-state index contributed by atoms with van der Waals surface area (Å²) in [7, 11) is 0. The van der Waals surface area contributed by atoms with Crippen molar-refractivity contribution in [3.8, 4) is 0 Å². The van der Waals surface area contributed by atoms with E-state index < -0.39 is 23.8 Å². The Morgan fingerprint density at radius 3 is 2.09 bits per heavy atom. The lowest BCUT2D eigenvalue weighted by molar-refractivity contribution is -0.141. The van der Waals surface area contributed by atoms with E-state index >= 15 is 0 Å². The summed E-state index contributed by atoms with van der Waals surface area (Å²) >= 11 is 1.60. The minimum Gasteiger partial charge on any atom is -0.444 e. The van der Waals surface area contributed by atoms with E-state index in [2.05, 4.69) is 23.6 Å². The van der Waals surface area contributed by atoms with E-state index in [1.165, 1.54) is 0 Å². The number of alkyl carbamates (subject to hydrolysis) is 1. The van der Waals surface area contributed by atoms with Crippen molar-refractivity contribution in [1.82, 2.24) is 10.2 Å². The SMILES string of the molecule is CCCCCCCN(C(=O)C(CCSC)NC(=O)OC(C)(C)C)C(C(=O)Nc1c(C)cccc1C)c1cc(C)cc(C)c1. The molecule has 8 heteroatoms. The zero-order valence-corrected chi connectivity index (χ0v) is 28.6. The molecule has 238 valence electrons. The summed E-state index contributed by atoms with van der Waals surface area (Å²) in [4.78, 5) is 43.4. The molecule has 2 N–H and O–H groups in total. The van der Waals surface area contributed by atoms with Gasteiger partial charge in [-0.25, -0.2) is 4.79 Å². The van der Waals surface area contributed by atoms with Crippen molar-refractivity contribution in [1.29, 1.82) is 0 Å². The van der Waals surface area contributed by atoms with E-state index in [4.69, 9.17) is 4.74 Å². The zero-order valence-electron chi connectivity index (χ0n) is 27.8. The van der Waals surface area contributed by atoms with E-state index in [0.717, 1.165) is 65.6 Å². The number of aryl methyl sites for hydroxylation is 4. The van der Waals surface area contributed by atoms with Crippen LogP contribution in [0.1, 0.15) is 100 Å². The van der Waals surface area contributed by atoms with E-state index in [1.807, 2.05) is 64.3 Å². The summed E-state index contributed by atoms with van der Waals surface area (Å²) in [5.74, 6) is 0.112. The second kappa shape index (κ2) is 17.3. The Bertz CT molecular complexity index is 1180. The first-order chi connectivity index (χ1) is 20.3. The quantitative estimate of drug-likeness (QED) is 0.199. The number of ether oxygens (including phenoxy) is 1. The molecule has 7 nitrogen and oxygen atoms in total. The van der Waals surface area contributed by atoms with Gasteiger partial charge >= 0.3 is 6.09 Å². The third-order valence-electron chi connectivity index (χ3n) is 7.23. The molecule has 2 unspecified atom stereocenters. The molecule has 0 aliphatic carbocycles. The Morgan fingerprint density at radius 1 is 0.930 bits per heavy atom. The second-order valence-corrected chi connectivity index (χ2v) is 13.5. The Hall–Kier alpha value is -3.00. The molecule has 0 saturated carbocycles. The fourth-order valence-corrected chi connectivity index (χ4v) is 5.71. The highest BCUT2D eigenvalue weighted by Crippen LogP contribution is 2.29. The van der Waals surface area contributed by atoms with Crippen molar-refractivity contribution < 1.29 is 19.1 Å². The first-order valence-corrected chi connectivity index (χ1v) is 16.9. The van der Waals surface area contributed by atoms with Gasteiger partial charge in [-0.1, -0.05) is 80.1 Å². The number of carbonyl (C=O) groups excluding carboxylic acids is 3. The van der Waals surface area contributed by atoms with Crippen LogP contribution in [0.25, 0.3) is 0 Å². The molecule has 2 atom stereocenters. The normalized spacial score (nSPS) is 12.8. The van der Waals surface area contributed by atoms with E-state index in [1.54, 1.807) is 37.4 Å². The summed E-state index contributed by atoms with van der Waals surface area (Å²) in [6.07, 6.45) is 6.75. The van der Waals surface area contributed by atoms with Gasteiger partial charge in [0.05, 0.1) is 0 Å². The summed E-state index contributed by atoms with van der Waals surface area (Å²) in [5.41, 5.74) is 4.74. The lowest BCUT2D eigenvalue weighted by Gasteiger charge is -2.35. The molecule has 0 saturated heterocycles. The summed E-state index contributed by atoms with van der Waals surface area (Å²) in [6, 6.07) is 10.2. The average molecular weight is 612 g/mol. The van der Waals surface area contributed by atoms with Gasteiger partial charge in [0.15, 0.2) is 0 Å². The Balaban J connectivity index is 2.61. The summed E-state index contributed by atoms with van der Waals surface area (Å²) in [5, 5.41) is 6.00. The molecule has 0 bridgehead atoms. The topological polar surface area (TPSA) is 87.7 Å². The number of amides is 3. The van der Waals surface area contributed by atoms with Crippen LogP contribution in [-0.2, 0) is 14.3 Å². The van der Waals surface area contributed by atoms with Crippen LogP contribution in [0, 0.1) is 27.7 Å². The number of benzene rings is 2. The minimum atomic E-state index is -0.881. The standard InChI is InChI=1S/C35H53N3O4S/c1-10-11-12-13-14-19-38(33(40)29(18-20-43-9)36-34(41)42-35(6,7)8)31(28-22-24(2)21-25(3)23-28)32(39)37-30-26(4)16-15-17-27(30)5/h15-17,21-23,29,31H,10-14,18-20H2,1-9H3,(H,36,41)(H,37,39). The highest BCUT2D eigenvalue weighted by Gasteiger charge is 2.36. The fraction of sp³-hybridized carbons (Fsp3) is 0.571. The number of carbonyl (C=O) groups is 3. The van der Waals surface area contributed by atoms with Crippen LogP contribution in [0.15, 0.2) is 36.4 Å². The maximum atomic E-state index is 14.5. The first kappa shape index (κ1) is 36.2. The number of hydrogen-bond donors (Lipinski definition) is 2. The van der Waals surface area contributed by atoms with Crippen molar-refractivity contribution in [3.05, 3.63) is 64.2 Å². The molecule has 0 aromatic heterocycles. The number of nitrogens with zero attached hydrogens (tertiary/aromatic N) is 1. The molecule has 0 radical (unpaired) electrons. The lowest BCUT2D eigenvalue weighted by atomic mass is 9.97. The van der Waals surface area contributed by atoms with Crippen LogP contribution in [0.3, 0.4) is 0 Å². The van der Waals surface area contributed by atoms with Crippen LogP contribution in [0.5, 0.6) is 0 Å². The third kappa shape index (κ3) is 11.9. The van der Waals surface area contributed by atoms with Gasteiger partial charge in [0.2, 0.25) is 5.91 Å². The first-order valence-electron chi connectivity index (χ1n) is 15.5. The van der Waals surface area contributed by atoms with Crippen LogP contribution in [-0.4, -0.2) is 53.0 Å². The van der Waals surface area contributed by atoms with Gasteiger partial charge in [0.1, 0.15) is 17.7 Å². The average Bonchev–Trinajstić information content (AvgIpc) is 2.90. The number of rotatable bonds is 15. The van der Waals surface area contributed by atoms with E-state index in [9.17, 15) is 14.4 Å². The van der Waals surface area contributed by atoms with E-state index in [-0.39, 0.29) is 11.8 Å². The molecular weight excluding hydrogens is 558 g/mol. The van der Waals surface area contributed by atoms with Gasteiger partial charge in [0, 0.05) is 12.2 Å². The number of hydrogen-bond acceptors (Lipinski definition) is 5. The third-order valence-corrected chi connectivity index (χ3v) is 7.88. The maximum absolute atomic E-state index is 14.5. The molecule has 43 heavy (non-hydrogen) atoms. The highest BCUT2D eigenvalue weighted by molar-refractivity contribution is 7.98. The maximum Gasteiger partial charge on any atom is 0.408 e. The van der Waals surface area contributed by atoms with Crippen molar-refractivity contribution >= 4 is 35.4 Å². The van der Waals surface area contributed by atoms with Crippen molar-refractivity contribution in [2.24, 2.45) is 0 Å². The predicted molar refractivity (Wildman–Crippen MR) is 180 cm³/mol. The molecule has 0 aliphatic rings. The van der Waals surface area contributed by atoms with Gasteiger partial charge in [-0.05, 0) is 90.0 Å². The monoisotopic (exact) mass is 611 g/mol. The molecular formula is C35H53N3O4S. The minimum absolute atomic E-state index is 0.273.